The van der Waals surface area contributed by atoms with Gasteiger partial charge in [-0.05, 0) is 18.4 Å². The number of methoxy groups -OCH3 is 1. The van der Waals surface area contributed by atoms with Gasteiger partial charge >= 0.3 is 0 Å². The van der Waals surface area contributed by atoms with Crippen molar-refractivity contribution in [1.29, 1.82) is 0 Å². The van der Waals surface area contributed by atoms with Gasteiger partial charge in [-0.25, -0.2) is 4.98 Å². The van der Waals surface area contributed by atoms with E-state index in [1.54, 1.807) is 6.20 Å². The second kappa shape index (κ2) is 7.09. The van der Waals surface area contributed by atoms with Crippen LogP contribution in [0.15, 0.2) is 12.3 Å². The van der Waals surface area contributed by atoms with E-state index in [0.29, 0.717) is 23.9 Å². The van der Waals surface area contributed by atoms with Crippen LogP contribution in [0.5, 0.6) is 5.88 Å². The number of ether oxygens (including phenoxy) is 1. The molecule has 0 saturated heterocycles. The maximum atomic E-state index is 12.2. The van der Waals surface area contributed by atoms with Gasteiger partial charge in [0.05, 0.1) is 18.8 Å². The number of hydrogen-bond acceptors (Lipinski definition) is 5. The molecule has 1 aromatic rings. The molecule has 1 heterocycles. The van der Waals surface area contributed by atoms with Gasteiger partial charge in [-0.2, -0.15) is 0 Å². The van der Waals surface area contributed by atoms with Crippen LogP contribution in [0.2, 0.25) is 0 Å². The molecule has 0 unspecified atom stereocenters. The number of nitrogens with zero attached hydrogens (tertiary/aromatic N) is 2. The van der Waals surface area contributed by atoms with Crippen molar-refractivity contribution in [3.63, 3.8) is 0 Å². The smallest absolute Gasteiger partial charge is 0.241 e. The van der Waals surface area contributed by atoms with E-state index in [9.17, 15) is 4.79 Å². The number of nitrogens with two attached hydrogens (primary N) is 1. The fraction of sp³-hybridized carbons (Fsp3) is 0.571. The number of anilines is 2. The first-order chi connectivity index (χ1) is 9.36. The Kier molecular flexibility index (Phi) is 5.76. The molecule has 0 aliphatic heterocycles. The third kappa shape index (κ3) is 4.09. The maximum absolute atomic E-state index is 12.2. The fourth-order valence-electron chi connectivity index (χ4n) is 1.91. The molecule has 0 aliphatic rings. The number of aromatic nitrogens is 1. The number of rotatable bonds is 6. The highest BCUT2D eigenvalue weighted by atomic mass is 16.5. The van der Waals surface area contributed by atoms with Crippen LogP contribution in [-0.2, 0) is 4.79 Å². The molecule has 1 atom stereocenters. The van der Waals surface area contributed by atoms with E-state index in [1.807, 2.05) is 38.9 Å². The van der Waals surface area contributed by atoms with E-state index in [0.717, 1.165) is 5.69 Å². The minimum Gasteiger partial charge on any atom is -0.479 e. The molecule has 0 radical (unpaired) electrons. The predicted octanol–water partition coefficient (Wildman–Crippen LogP) is 1.47. The highest BCUT2D eigenvalue weighted by molar-refractivity contribution is 5.98. The van der Waals surface area contributed by atoms with E-state index in [-0.39, 0.29) is 5.91 Å². The lowest BCUT2D eigenvalue weighted by molar-refractivity contribution is -0.117. The van der Waals surface area contributed by atoms with Gasteiger partial charge in [0, 0.05) is 20.3 Å². The molecule has 0 bridgehead atoms. The zero-order valence-corrected chi connectivity index (χ0v) is 12.8. The van der Waals surface area contributed by atoms with Crippen molar-refractivity contribution in [2.45, 2.75) is 26.3 Å². The summed E-state index contributed by atoms with van der Waals surface area (Å²) in [4.78, 5) is 18.1. The van der Waals surface area contributed by atoms with Crippen LogP contribution in [0.25, 0.3) is 0 Å². The number of nitrogens with one attached hydrogen (secondary N) is 1. The first kappa shape index (κ1) is 16.2. The number of carbonyl (C=O) groups is 1. The van der Waals surface area contributed by atoms with E-state index < -0.39 is 6.04 Å². The van der Waals surface area contributed by atoms with Crippen molar-refractivity contribution in [3.05, 3.63) is 12.3 Å². The van der Waals surface area contributed by atoms with E-state index >= 15 is 0 Å². The summed E-state index contributed by atoms with van der Waals surface area (Å²) in [7, 11) is 5.29. The Hall–Kier alpha value is -1.82. The van der Waals surface area contributed by atoms with Crippen molar-refractivity contribution < 1.29 is 9.53 Å². The second-order valence-electron chi connectivity index (χ2n) is 5.33. The lowest BCUT2D eigenvalue weighted by Gasteiger charge is -2.21. The number of amides is 1. The highest BCUT2D eigenvalue weighted by Crippen LogP contribution is 2.32. The molecule has 0 aromatic carbocycles. The van der Waals surface area contributed by atoms with Crippen molar-refractivity contribution >= 4 is 17.3 Å². The quantitative estimate of drug-likeness (QED) is 0.824. The molecule has 1 amide bonds. The number of pyridine rings is 1. The topological polar surface area (TPSA) is 80.5 Å². The third-order valence-corrected chi connectivity index (χ3v) is 2.88. The minimum absolute atomic E-state index is 0.229. The van der Waals surface area contributed by atoms with Gasteiger partial charge in [0.15, 0.2) is 0 Å². The number of hydrogen-bond donors (Lipinski definition) is 2. The molecule has 112 valence electrons. The summed E-state index contributed by atoms with van der Waals surface area (Å²) in [5.41, 5.74) is 7.26. The molecule has 0 fully saturated rings. The maximum Gasteiger partial charge on any atom is 0.241 e. The van der Waals surface area contributed by atoms with Crippen LogP contribution in [0, 0.1) is 5.92 Å². The standard InChI is InChI=1S/C14H24N4O2/c1-9(2)8-10(15)13(19)17-12-11(18(3)4)6-7-16-14(12)20-5/h6-7,9-10H,8,15H2,1-5H3,(H,17,19)/t10-/m0/s1. The van der Waals surface area contributed by atoms with Crippen LogP contribution in [0.3, 0.4) is 0 Å². The fourth-order valence-corrected chi connectivity index (χ4v) is 1.91. The monoisotopic (exact) mass is 280 g/mol. The Labute approximate surface area is 120 Å². The van der Waals surface area contributed by atoms with Crippen LogP contribution < -0.4 is 20.7 Å². The Balaban J connectivity index is 2.98. The average Bonchev–Trinajstić information content (AvgIpc) is 2.37. The van der Waals surface area contributed by atoms with Crippen LogP contribution in [0.4, 0.5) is 11.4 Å². The molecule has 1 rings (SSSR count). The average molecular weight is 280 g/mol. The molecule has 0 saturated carbocycles. The third-order valence-electron chi connectivity index (χ3n) is 2.88. The molecule has 6 heteroatoms. The molecule has 0 spiro atoms. The first-order valence-electron chi connectivity index (χ1n) is 6.63. The molecule has 6 nitrogen and oxygen atoms in total. The van der Waals surface area contributed by atoms with Gasteiger partial charge in [-0.1, -0.05) is 13.8 Å². The Morgan fingerprint density at radius 3 is 2.65 bits per heavy atom. The summed E-state index contributed by atoms with van der Waals surface area (Å²) in [5, 5.41) is 2.82. The van der Waals surface area contributed by atoms with Gasteiger partial charge in [0.1, 0.15) is 5.69 Å². The summed E-state index contributed by atoms with van der Waals surface area (Å²) in [6, 6.07) is 1.27. The van der Waals surface area contributed by atoms with Gasteiger partial charge in [-0.15, -0.1) is 0 Å². The first-order valence-corrected chi connectivity index (χ1v) is 6.63. The lowest BCUT2D eigenvalue weighted by Crippen LogP contribution is -2.37. The minimum atomic E-state index is -0.546. The van der Waals surface area contributed by atoms with Crippen molar-refractivity contribution in [2.75, 3.05) is 31.4 Å². The van der Waals surface area contributed by atoms with E-state index in [2.05, 4.69) is 10.3 Å². The predicted molar refractivity (Wildman–Crippen MR) is 81.2 cm³/mol. The van der Waals surface area contributed by atoms with Crippen LogP contribution in [-0.4, -0.2) is 38.1 Å². The van der Waals surface area contributed by atoms with Crippen molar-refractivity contribution in [1.82, 2.24) is 4.98 Å². The van der Waals surface area contributed by atoms with Crippen LogP contribution >= 0.6 is 0 Å². The normalized spacial score (nSPS) is 12.2. The molecule has 0 aliphatic carbocycles. The second-order valence-corrected chi connectivity index (χ2v) is 5.33. The van der Waals surface area contributed by atoms with E-state index in [1.165, 1.54) is 7.11 Å². The van der Waals surface area contributed by atoms with Crippen molar-refractivity contribution in [3.8, 4) is 5.88 Å². The summed E-state index contributed by atoms with van der Waals surface area (Å²) in [5.74, 6) is 0.509. The Bertz CT molecular complexity index is 460. The summed E-state index contributed by atoms with van der Waals surface area (Å²) < 4.78 is 5.20. The molecular formula is C14H24N4O2. The molecule has 1 aromatic heterocycles. The summed E-state index contributed by atoms with van der Waals surface area (Å²) in [6.07, 6.45) is 2.27. The summed E-state index contributed by atoms with van der Waals surface area (Å²) in [6.45, 7) is 4.06. The van der Waals surface area contributed by atoms with Gasteiger partial charge in [0.25, 0.3) is 0 Å². The SMILES string of the molecule is COc1nccc(N(C)C)c1NC(=O)[C@@H](N)CC(C)C. The summed E-state index contributed by atoms with van der Waals surface area (Å²) >= 11 is 0. The highest BCUT2D eigenvalue weighted by Gasteiger charge is 2.20. The van der Waals surface area contributed by atoms with Gasteiger partial charge in [-0.3, -0.25) is 4.79 Å². The zero-order chi connectivity index (χ0) is 15.3. The Morgan fingerprint density at radius 2 is 2.15 bits per heavy atom. The Morgan fingerprint density at radius 1 is 1.50 bits per heavy atom. The zero-order valence-electron chi connectivity index (χ0n) is 12.8. The van der Waals surface area contributed by atoms with Gasteiger partial charge < -0.3 is 20.7 Å². The van der Waals surface area contributed by atoms with E-state index in [4.69, 9.17) is 10.5 Å². The number of carbonyl (C=O) groups excluding carboxylic acids is 1. The van der Waals surface area contributed by atoms with Crippen LogP contribution in [0.1, 0.15) is 20.3 Å². The van der Waals surface area contributed by atoms with Crippen molar-refractivity contribution in [2.24, 2.45) is 11.7 Å². The molecule has 20 heavy (non-hydrogen) atoms. The lowest BCUT2D eigenvalue weighted by atomic mass is 10.0. The largest absolute Gasteiger partial charge is 0.479 e. The molecule has 3 N–H and O–H groups in total. The van der Waals surface area contributed by atoms with Gasteiger partial charge in [0.2, 0.25) is 11.8 Å². The molecular weight excluding hydrogens is 256 g/mol.